The van der Waals surface area contributed by atoms with Crippen LogP contribution in [-0.4, -0.2) is 63.9 Å². The molecule has 1 amide bonds. The van der Waals surface area contributed by atoms with Crippen molar-refractivity contribution in [2.75, 3.05) is 31.5 Å². The van der Waals surface area contributed by atoms with Gasteiger partial charge in [-0.3, -0.25) is 9.36 Å². The standard InChI is InChI=1S/C27H29FN6O3/c28-22-15-30-25(32-24(22)18-4-3-5-20(12-18)34-9-2-1-6-23(34)35)31-19-7-10-33(11-8-19)26(36)37-21-13-27(14-21)16-29-17-27/h1-6,9,12,15,19,21,29H,7-8,10-11,13-14,16-17H2,(H,30,31,32). The highest BCUT2D eigenvalue weighted by Crippen LogP contribution is 2.45. The number of aromatic nitrogens is 3. The summed E-state index contributed by atoms with van der Waals surface area (Å²) < 4.78 is 21.9. The Morgan fingerprint density at radius 1 is 1.14 bits per heavy atom. The van der Waals surface area contributed by atoms with Gasteiger partial charge in [-0.2, -0.15) is 0 Å². The number of halogens is 1. The van der Waals surface area contributed by atoms with E-state index in [4.69, 9.17) is 4.74 Å². The fraction of sp³-hybridized carbons (Fsp3) is 0.407. The van der Waals surface area contributed by atoms with E-state index in [2.05, 4.69) is 20.6 Å². The molecule has 1 aliphatic carbocycles. The average molecular weight is 505 g/mol. The van der Waals surface area contributed by atoms with Crippen LogP contribution in [0.15, 0.2) is 59.7 Å². The van der Waals surface area contributed by atoms with Crippen molar-refractivity contribution >= 4 is 12.0 Å². The molecule has 37 heavy (non-hydrogen) atoms. The first kappa shape index (κ1) is 23.6. The summed E-state index contributed by atoms with van der Waals surface area (Å²) in [5.41, 5.74) is 1.52. The van der Waals surface area contributed by atoms with Crippen molar-refractivity contribution in [2.45, 2.75) is 37.8 Å². The lowest BCUT2D eigenvalue weighted by atomic mass is 9.63. The zero-order valence-corrected chi connectivity index (χ0v) is 20.4. The van der Waals surface area contributed by atoms with Crippen LogP contribution in [0.2, 0.25) is 0 Å². The smallest absolute Gasteiger partial charge is 0.410 e. The summed E-state index contributed by atoms with van der Waals surface area (Å²) in [6, 6.07) is 12.0. The molecular formula is C27H29FN6O3. The van der Waals surface area contributed by atoms with Crippen molar-refractivity contribution < 1.29 is 13.9 Å². The number of hydrogen-bond acceptors (Lipinski definition) is 7. The molecule has 2 N–H and O–H groups in total. The molecule has 3 aromatic rings. The molecule has 0 unspecified atom stereocenters. The predicted octanol–water partition coefficient (Wildman–Crippen LogP) is 3.20. The Bertz CT molecular complexity index is 1360. The van der Waals surface area contributed by atoms with E-state index < -0.39 is 5.82 Å². The summed E-state index contributed by atoms with van der Waals surface area (Å²) in [4.78, 5) is 35.1. The molecule has 1 saturated carbocycles. The highest BCUT2D eigenvalue weighted by atomic mass is 19.1. The summed E-state index contributed by atoms with van der Waals surface area (Å²) in [5.74, 6) is -0.218. The van der Waals surface area contributed by atoms with Crippen molar-refractivity contribution in [3.63, 3.8) is 0 Å². The van der Waals surface area contributed by atoms with E-state index in [0.29, 0.717) is 35.7 Å². The van der Waals surface area contributed by atoms with E-state index >= 15 is 0 Å². The number of carbonyl (C=O) groups excluding carboxylic acids is 1. The SMILES string of the molecule is O=C(OC1CC2(CNC2)C1)N1CCC(Nc2ncc(F)c(-c3cccc(-n4ccccc4=O)c3)n2)CC1. The van der Waals surface area contributed by atoms with E-state index in [1.807, 2.05) is 0 Å². The summed E-state index contributed by atoms with van der Waals surface area (Å²) in [6.45, 7) is 3.23. The van der Waals surface area contributed by atoms with Gasteiger partial charge in [0.25, 0.3) is 5.56 Å². The minimum absolute atomic E-state index is 0.0375. The van der Waals surface area contributed by atoms with E-state index in [1.54, 1.807) is 47.5 Å². The minimum Gasteiger partial charge on any atom is -0.446 e. The number of anilines is 1. The summed E-state index contributed by atoms with van der Waals surface area (Å²) >= 11 is 0. The highest BCUT2D eigenvalue weighted by molar-refractivity contribution is 5.68. The topological polar surface area (TPSA) is 101 Å². The lowest BCUT2D eigenvalue weighted by molar-refractivity contribution is -0.0784. The number of nitrogens with one attached hydrogen (secondary N) is 2. The molecule has 6 rings (SSSR count). The number of pyridine rings is 1. The van der Waals surface area contributed by atoms with Crippen molar-refractivity contribution in [2.24, 2.45) is 5.41 Å². The van der Waals surface area contributed by atoms with Gasteiger partial charge >= 0.3 is 6.09 Å². The molecule has 1 aromatic carbocycles. The Labute approximate surface area is 213 Å². The van der Waals surface area contributed by atoms with Gasteiger partial charge in [-0.05, 0) is 43.9 Å². The first-order chi connectivity index (χ1) is 18.0. The second-order valence-electron chi connectivity index (χ2n) is 10.3. The fourth-order valence-electron chi connectivity index (χ4n) is 5.45. The minimum atomic E-state index is -0.545. The zero-order chi connectivity index (χ0) is 25.4. The van der Waals surface area contributed by atoms with Crippen molar-refractivity contribution in [3.8, 4) is 16.9 Å². The van der Waals surface area contributed by atoms with E-state index in [0.717, 1.165) is 45.0 Å². The zero-order valence-electron chi connectivity index (χ0n) is 20.4. The van der Waals surface area contributed by atoms with Crippen LogP contribution >= 0.6 is 0 Å². The Hall–Kier alpha value is -3.79. The third-order valence-corrected chi connectivity index (χ3v) is 7.64. The van der Waals surface area contributed by atoms with Crippen molar-refractivity contribution in [1.82, 2.24) is 24.8 Å². The van der Waals surface area contributed by atoms with Crippen molar-refractivity contribution in [3.05, 3.63) is 71.0 Å². The van der Waals surface area contributed by atoms with Crippen LogP contribution in [0.1, 0.15) is 25.7 Å². The third-order valence-electron chi connectivity index (χ3n) is 7.64. The molecule has 0 bridgehead atoms. The maximum atomic E-state index is 14.7. The Balaban J connectivity index is 1.08. The first-order valence-electron chi connectivity index (χ1n) is 12.7. The van der Waals surface area contributed by atoms with Gasteiger partial charge in [-0.1, -0.05) is 18.2 Å². The van der Waals surface area contributed by atoms with Crippen LogP contribution in [0.4, 0.5) is 15.1 Å². The van der Waals surface area contributed by atoms with E-state index in [1.165, 1.54) is 10.6 Å². The molecule has 3 aliphatic rings. The Morgan fingerprint density at radius 2 is 1.95 bits per heavy atom. The average Bonchev–Trinajstić information content (AvgIpc) is 2.86. The van der Waals surface area contributed by atoms with Crippen LogP contribution in [-0.2, 0) is 4.74 Å². The van der Waals surface area contributed by atoms with E-state index in [-0.39, 0.29) is 29.5 Å². The second kappa shape index (κ2) is 9.59. The van der Waals surface area contributed by atoms with Crippen LogP contribution in [0.25, 0.3) is 16.9 Å². The summed E-state index contributed by atoms with van der Waals surface area (Å²) in [5, 5.41) is 6.58. The third kappa shape index (κ3) is 4.81. The van der Waals surface area contributed by atoms with Gasteiger partial charge < -0.3 is 20.3 Å². The summed E-state index contributed by atoms with van der Waals surface area (Å²) in [6.07, 6.45) is 5.98. The van der Waals surface area contributed by atoms with Crippen molar-refractivity contribution in [1.29, 1.82) is 0 Å². The molecule has 0 atom stereocenters. The molecule has 2 saturated heterocycles. The Kier molecular flexibility index (Phi) is 6.11. The quantitative estimate of drug-likeness (QED) is 0.550. The molecule has 10 heteroatoms. The van der Waals surface area contributed by atoms with E-state index in [9.17, 15) is 14.0 Å². The number of hydrogen-bond donors (Lipinski definition) is 2. The number of carbonyl (C=O) groups is 1. The number of rotatable bonds is 5. The van der Waals surface area contributed by atoms with Crippen LogP contribution in [0.5, 0.6) is 0 Å². The molecule has 0 radical (unpaired) electrons. The molecule has 3 fully saturated rings. The van der Waals surface area contributed by atoms with Crippen LogP contribution in [0, 0.1) is 11.2 Å². The number of ether oxygens (including phenoxy) is 1. The lowest BCUT2D eigenvalue weighted by Gasteiger charge is -2.53. The molecule has 192 valence electrons. The molecule has 4 heterocycles. The van der Waals surface area contributed by atoms with Gasteiger partial charge in [0.2, 0.25) is 5.95 Å². The number of amides is 1. The van der Waals surface area contributed by atoms with Gasteiger partial charge in [-0.15, -0.1) is 0 Å². The number of piperidine rings is 1. The molecule has 2 aliphatic heterocycles. The fourth-order valence-corrected chi connectivity index (χ4v) is 5.45. The predicted molar refractivity (Wildman–Crippen MR) is 136 cm³/mol. The number of likely N-dealkylation sites (tertiary alicyclic amines) is 1. The van der Waals surface area contributed by atoms with Gasteiger partial charge in [0.15, 0.2) is 5.82 Å². The molecule has 2 aromatic heterocycles. The monoisotopic (exact) mass is 504 g/mol. The van der Waals surface area contributed by atoms with Gasteiger partial charge in [0, 0.05) is 61.1 Å². The number of nitrogens with zero attached hydrogens (tertiary/aromatic N) is 4. The lowest BCUT2D eigenvalue weighted by Crippen LogP contribution is -2.62. The van der Waals surface area contributed by atoms with Gasteiger partial charge in [0.05, 0.1) is 6.20 Å². The first-order valence-corrected chi connectivity index (χ1v) is 12.7. The molecular weight excluding hydrogens is 475 g/mol. The summed E-state index contributed by atoms with van der Waals surface area (Å²) in [7, 11) is 0. The van der Waals surface area contributed by atoms with Gasteiger partial charge in [-0.25, -0.2) is 19.2 Å². The maximum Gasteiger partial charge on any atom is 0.410 e. The number of benzene rings is 1. The molecule has 9 nitrogen and oxygen atoms in total. The molecule has 1 spiro atoms. The van der Waals surface area contributed by atoms with Crippen LogP contribution in [0.3, 0.4) is 0 Å². The largest absolute Gasteiger partial charge is 0.446 e. The maximum absolute atomic E-state index is 14.7. The second-order valence-corrected chi connectivity index (χ2v) is 10.3. The highest BCUT2D eigenvalue weighted by Gasteiger charge is 2.50. The van der Waals surface area contributed by atoms with Gasteiger partial charge in [0.1, 0.15) is 11.8 Å². The Morgan fingerprint density at radius 3 is 2.68 bits per heavy atom. The normalized spacial score (nSPS) is 19.2. The van der Waals surface area contributed by atoms with Crippen LogP contribution < -0.4 is 16.2 Å².